The second-order valence-electron chi connectivity index (χ2n) is 4.55. The van der Waals surface area contributed by atoms with Gasteiger partial charge in [-0.05, 0) is 48.5 Å². The first kappa shape index (κ1) is 19.8. The number of carboxylic acids is 2. The van der Waals surface area contributed by atoms with E-state index in [-0.39, 0.29) is 35.7 Å². The summed E-state index contributed by atoms with van der Waals surface area (Å²) in [5.74, 6) is -2.61. The normalized spacial score (nSPS) is 9.52. The minimum atomic E-state index is -1.08. The Bertz CT molecular complexity index is 717. The van der Waals surface area contributed by atoms with Gasteiger partial charge in [0.15, 0.2) is 0 Å². The molecule has 0 radical (unpaired) electrons. The first-order chi connectivity index (χ1) is 11.9. The molecule has 0 amide bonds. The molecule has 0 bridgehead atoms. The third-order valence-corrected chi connectivity index (χ3v) is 2.78. The van der Waals surface area contributed by atoms with Gasteiger partial charge in [0.1, 0.15) is 5.75 Å². The summed E-state index contributed by atoms with van der Waals surface area (Å²) in [6, 6.07) is 10.7. The maximum atomic E-state index is 11.8. The zero-order valence-electron chi connectivity index (χ0n) is 13.0. The molecule has 8 heteroatoms. The molecule has 132 valence electrons. The Labute approximate surface area is 142 Å². The molecule has 0 aromatic heterocycles. The molecule has 0 heterocycles. The summed E-state index contributed by atoms with van der Waals surface area (Å²) in [4.78, 5) is 33.2. The van der Waals surface area contributed by atoms with Gasteiger partial charge in [-0.3, -0.25) is 0 Å². The van der Waals surface area contributed by atoms with E-state index < -0.39 is 17.9 Å². The molecule has 0 aliphatic heterocycles. The van der Waals surface area contributed by atoms with Crippen molar-refractivity contribution in [3.8, 4) is 5.75 Å². The largest absolute Gasteiger partial charge is 0.478 e. The summed E-state index contributed by atoms with van der Waals surface area (Å²) < 4.78 is 5.06. The number of carboxylic acid groups (broad SMARTS) is 2. The van der Waals surface area contributed by atoms with Gasteiger partial charge in [-0.2, -0.15) is 0 Å². The number of hydrogen-bond donors (Lipinski definition) is 4. The van der Waals surface area contributed by atoms with Crippen LogP contribution >= 0.6 is 0 Å². The highest BCUT2D eigenvalue weighted by Crippen LogP contribution is 2.15. The van der Waals surface area contributed by atoms with E-state index in [1.54, 1.807) is 0 Å². The maximum Gasteiger partial charge on any atom is 0.343 e. The van der Waals surface area contributed by atoms with Crippen LogP contribution in [-0.2, 0) is 0 Å². The molecule has 8 nitrogen and oxygen atoms in total. The molecule has 0 aliphatic carbocycles. The van der Waals surface area contributed by atoms with Crippen LogP contribution in [0.3, 0.4) is 0 Å². The molecule has 0 spiro atoms. The fourth-order valence-corrected chi connectivity index (χ4v) is 1.58. The van der Waals surface area contributed by atoms with E-state index in [1.807, 2.05) is 0 Å². The summed E-state index contributed by atoms with van der Waals surface area (Å²) >= 11 is 0. The number of hydrogen-bond acceptors (Lipinski definition) is 6. The Morgan fingerprint density at radius 2 is 1.04 bits per heavy atom. The number of benzene rings is 2. The van der Waals surface area contributed by atoms with Gasteiger partial charge in [0.25, 0.3) is 0 Å². The van der Waals surface area contributed by atoms with E-state index in [0.717, 1.165) is 0 Å². The van der Waals surface area contributed by atoms with Crippen molar-refractivity contribution in [2.24, 2.45) is 0 Å². The fourth-order valence-electron chi connectivity index (χ4n) is 1.58. The first-order valence-corrected chi connectivity index (χ1v) is 6.99. The molecule has 0 saturated carbocycles. The smallest absolute Gasteiger partial charge is 0.343 e. The molecule has 2 aromatic rings. The molecule has 0 unspecified atom stereocenters. The lowest BCUT2D eigenvalue weighted by atomic mass is 10.1. The van der Waals surface area contributed by atoms with Crippen molar-refractivity contribution >= 4 is 17.9 Å². The molecular weight excluding hydrogens is 332 g/mol. The number of aliphatic hydroxyl groups excluding tert-OH is 2. The molecular formula is C17H16O8. The van der Waals surface area contributed by atoms with Gasteiger partial charge in [-0.25, -0.2) is 14.4 Å². The Kier molecular flexibility index (Phi) is 7.77. The molecule has 4 N–H and O–H groups in total. The first-order valence-electron chi connectivity index (χ1n) is 6.99. The van der Waals surface area contributed by atoms with Crippen molar-refractivity contribution in [2.45, 2.75) is 0 Å². The van der Waals surface area contributed by atoms with Crippen molar-refractivity contribution in [1.82, 2.24) is 0 Å². The van der Waals surface area contributed by atoms with E-state index in [4.69, 9.17) is 25.2 Å². The van der Waals surface area contributed by atoms with Crippen molar-refractivity contribution in [3.63, 3.8) is 0 Å². The predicted octanol–water partition coefficient (Wildman–Crippen LogP) is 1.27. The summed E-state index contributed by atoms with van der Waals surface area (Å²) in [6.07, 6.45) is 0. The van der Waals surface area contributed by atoms with Gasteiger partial charge in [-0.15, -0.1) is 0 Å². The van der Waals surface area contributed by atoms with E-state index in [1.165, 1.54) is 48.5 Å². The van der Waals surface area contributed by atoms with Crippen LogP contribution in [0.5, 0.6) is 5.75 Å². The van der Waals surface area contributed by atoms with Gasteiger partial charge < -0.3 is 25.2 Å². The fraction of sp³-hybridized carbons (Fsp3) is 0.118. The lowest BCUT2D eigenvalue weighted by molar-refractivity contribution is 0.0685. The SMILES string of the molecule is O=C(O)c1ccc(OC(=O)c2ccc(C(=O)O)cc2)cc1.OCCO. The second-order valence-corrected chi connectivity index (χ2v) is 4.55. The Morgan fingerprint density at radius 3 is 1.40 bits per heavy atom. The second kappa shape index (κ2) is 9.81. The lowest BCUT2D eigenvalue weighted by Crippen LogP contribution is -2.09. The zero-order valence-corrected chi connectivity index (χ0v) is 13.0. The zero-order chi connectivity index (χ0) is 18.8. The number of aliphatic hydroxyl groups is 2. The average molecular weight is 348 g/mol. The minimum absolute atomic E-state index is 0.0670. The van der Waals surface area contributed by atoms with E-state index in [0.29, 0.717) is 0 Å². The highest BCUT2D eigenvalue weighted by molar-refractivity contribution is 5.93. The van der Waals surface area contributed by atoms with Crippen molar-refractivity contribution < 1.29 is 39.5 Å². The predicted molar refractivity (Wildman–Crippen MR) is 85.9 cm³/mol. The number of esters is 1. The minimum Gasteiger partial charge on any atom is -0.478 e. The molecule has 0 saturated heterocycles. The van der Waals surface area contributed by atoms with Crippen LogP contribution in [0.2, 0.25) is 0 Å². The quantitative estimate of drug-likeness (QED) is 0.467. The van der Waals surface area contributed by atoms with Crippen LogP contribution in [0.15, 0.2) is 48.5 Å². The Hall–Kier alpha value is -3.23. The summed E-state index contributed by atoms with van der Waals surface area (Å²) in [5.41, 5.74) is 0.347. The molecule has 2 aromatic carbocycles. The number of ether oxygens (including phenoxy) is 1. The van der Waals surface area contributed by atoms with Crippen molar-refractivity contribution in [2.75, 3.05) is 13.2 Å². The van der Waals surface area contributed by atoms with Gasteiger partial charge >= 0.3 is 17.9 Å². The Morgan fingerprint density at radius 1 is 0.680 bits per heavy atom. The van der Waals surface area contributed by atoms with Crippen LogP contribution in [0.25, 0.3) is 0 Å². The Balaban J connectivity index is 0.000000705. The lowest BCUT2D eigenvalue weighted by Gasteiger charge is -2.05. The monoisotopic (exact) mass is 348 g/mol. The third-order valence-electron chi connectivity index (χ3n) is 2.78. The maximum absolute atomic E-state index is 11.8. The van der Waals surface area contributed by atoms with E-state index in [9.17, 15) is 14.4 Å². The third kappa shape index (κ3) is 6.42. The van der Waals surface area contributed by atoms with Gasteiger partial charge in [0, 0.05) is 0 Å². The molecule has 0 atom stereocenters. The number of carbonyl (C=O) groups is 3. The molecule has 25 heavy (non-hydrogen) atoms. The number of aromatic carboxylic acids is 2. The number of rotatable bonds is 5. The molecule has 0 fully saturated rings. The summed E-state index contributed by atoms with van der Waals surface area (Å²) in [5, 5.41) is 32.8. The van der Waals surface area contributed by atoms with Crippen molar-refractivity contribution in [1.29, 1.82) is 0 Å². The van der Waals surface area contributed by atoms with Crippen LogP contribution < -0.4 is 4.74 Å². The van der Waals surface area contributed by atoms with Gasteiger partial charge in [0.2, 0.25) is 0 Å². The van der Waals surface area contributed by atoms with Crippen LogP contribution in [0.1, 0.15) is 31.1 Å². The standard InChI is InChI=1S/C15H10O6.C2H6O2/c16-13(17)9-1-3-11(4-2-9)15(20)21-12-7-5-10(6-8-12)14(18)19;3-1-2-4/h1-8H,(H,16,17)(H,18,19);3-4H,1-2H2. The van der Waals surface area contributed by atoms with Gasteiger partial charge in [0.05, 0.1) is 29.9 Å². The molecule has 2 rings (SSSR count). The highest BCUT2D eigenvalue weighted by Gasteiger charge is 2.11. The van der Waals surface area contributed by atoms with Gasteiger partial charge in [-0.1, -0.05) is 0 Å². The number of carbonyl (C=O) groups excluding carboxylic acids is 1. The van der Waals surface area contributed by atoms with E-state index >= 15 is 0 Å². The summed E-state index contributed by atoms with van der Waals surface area (Å²) in [6.45, 7) is -0.250. The average Bonchev–Trinajstić information content (AvgIpc) is 2.62. The van der Waals surface area contributed by atoms with Crippen molar-refractivity contribution in [3.05, 3.63) is 65.2 Å². The summed E-state index contributed by atoms with van der Waals surface area (Å²) in [7, 11) is 0. The van der Waals surface area contributed by atoms with E-state index in [2.05, 4.69) is 0 Å². The van der Waals surface area contributed by atoms with Crippen LogP contribution in [-0.4, -0.2) is 51.5 Å². The highest BCUT2D eigenvalue weighted by atomic mass is 16.5. The topological polar surface area (TPSA) is 141 Å². The van der Waals surface area contributed by atoms with Crippen LogP contribution in [0.4, 0.5) is 0 Å². The molecule has 0 aliphatic rings. The van der Waals surface area contributed by atoms with Crippen LogP contribution in [0, 0.1) is 0 Å².